The molecule has 1 saturated heterocycles. The predicted octanol–water partition coefficient (Wildman–Crippen LogP) is 1.30. The van der Waals surface area contributed by atoms with Crippen molar-refractivity contribution in [1.29, 1.82) is 0 Å². The summed E-state index contributed by atoms with van der Waals surface area (Å²) in [5, 5.41) is 5.28. The molecule has 2 fully saturated rings. The lowest BCUT2D eigenvalue weighted by Crippen LogP contribution is -2.53. The molecule has 2 amide bonds. The number of hydrogen-bond donors (Lipinski definition) is 2. The molecule has 0 bridgehead atoms. The largest absolute Gasteiger partial charge is 0.360 e. The van der Waals surface area contributed by atoms with Gasteiger partial charge in [-0.15, -0.1) is 0 Å². The van der Waals surface area contributed by atoms with Gasteiger partial charge in [0.05, 0.1) is 18.0 Å². The lowest BCUT2D eigenvalue weighted by Gasteiger charge is -2.34. The fraction of sp³-hybridized carbons (Fsp3) is 0.600. The van der Waals surface area contributed by atoms with Crippen LogP contribution in [0.2, 0.25) is 0 Å². The molecule has 9 heteroatoms. The van der Waals surface area contributed by atoms with Gasteiger partial charge in [-0.2, -0.15) is 4.31 Å². The Labute approximate surface area is 172 Å². The van der Waals surface area contributed by atoms with E-state index in [0.717, 1.165) is 37.7 Å². The Morgan fingerprint density at radius 3 is 2.45 bits per heavy atom. The number of benzene rings is 1. The number of nitrogens with one attached hydrogen (secondary N) is 2. The molecule has 1 aliphatic heterocycles. The summed E-state index contributed by atoms with van der Waals surface area (Å²) >= 11 is 0. The van der Waals surface area contributed by atoms with Crippen molar-refractivity contribution in [1.82, 2.24) is 14.9 Å². The summed E-state index contributed by atoms with van der Waals surface area (Å²) < 4.78 is 32.9. The third-order valence-electron chi connectivity index (χ3n) is 5.37. The summed E-state index contributed by atoms with van der Waals surface area (Å²) in [6.45, 7) is 2.50. The molecule has 0 spiro atoms. The van der Waals surface area contributed by atoms with Gasteiger partial charge in [-0.25, -0.2) is 8.42 Å². The van der Waals surface area contributed by atoms with Gasteiger partial charge >= 0.3 is 11.8 Å². The molecule has 1 heterocycles. The van der Waals surface area contributed by atoms with Gasteiger partial charge in [0.2, 0.25) is 10.0 Å². The molecule has 0 unspecified atom stereocenters. The summed E-state index contributed by atoms with van der Waals surface area (Å²) in [6, 6.07) is 6.64. The van der Waals surface area contributed by atoms with Crippen molar-refractivity contribution in [3.8, 4) is 0 Å². The number of nitrogens with zero attached hydrogens (tertiary/aromatic N) is 1. The Bertz CT molecular complexity index is 819. The van der Waals surface area contributed by atoms with Crippen LogP contribution in [0.15, 0.2) is 29.2 Å². The maximum atomic E-state index is 13.0. The van der Waals surface area contributed by atoms with Crippen LogP contribution in [-0.4, -0.2) is 56.5 Å². The SMILES string of the molecule is Cc1ccc(S(=O)(=O)N2CCCO[C@H]2CNC(=O)C(=O)NC2CCCCC2)cc1. The minimum absolute atomic E-state index is 0.0337. The van der Waals surface area contributed by atoms with E-state index in [-0.39, 0.29) is 17.5 Å². The lowest BCUT2D eigenvalue weighted by molar-refractivity contribution is -0.140. The minimum Gasteiger partial charge on any atom is -0.360 e. The van der Waals surface area contributed by atoms with E-state index in [1.165, 1.54) is 4.31 Å². The van der Waals surface area contributed by atoms with Crippen molar-refractivity contribution in [2.45, 2.75) is 62.6 Å². The number of rotatable bonds is 5. The Morgan fingerprint density at radius 2 is 1.76 bits per heavy atom. The van der Waals surface area contributed by atoms with Crippen LogP contribution >= 0.6 is 0 Å². The van der Waals surface area contributed by atoms with Crippen LogP contribution in [0.4, 0.5) is 0 Å². The molecule has 29 heavy (non-hydrogen) atoms. The first-order valence-corrected chi connectivity index (χ1v) is 11.6. The van der Waals surface area contributed by atoms with E-state index < -0.39 is 28.1 Å². The molecule has 160 valence electrons. The molecule has 1 saturated carbocycles. The fourth-order valence-corrected chi connectivity index (χ4v) is 5.27. The Hall–Kier alpha value is -1.97. The molecule has 1 aromatic carbocycles. The molecule has 1 aliphatic carbocycles. The highest BCUT2D eigenvalue weighted by atomic mass is 32.2. The maximum absolute atomic E-state index is 13.0. The Balaban J connectivity index is 1.60. The molecule has 3 rings (SSSR count). The monoisotopic (exact) mass is 423 g/mol. The molecular formula is C20H29N3O5S. The number of carbonyl (C=O) groups excluding carboxylic acids is 2. The first-order valence-electron chi connectivity index (χ1n) is 10.2. The van der Waals surface area contributed by atoms with Gasteiger partial charge in [0.1, 0.15) is 6.23 Å². The van der Waals surface area contributed by atoms with Crippen LogP contribution in [0.5, 0.6) is 0 Å². The van der Waals surface area contributed by atoms with Crippen LogP contribution < -0.4 is 10.6 Å². The van der Waals surface area contributed by atoms with Crippen LogP contribution in [0, 0.1) is 6.92 Å². The number of amides is 2. The van der Waals surface area contributed by atoms with Gasteiger partial charge in [0.25, 0.3) is 0 Å². The summed E-state index contributed by atoms with van der Waals surface area (Å²) in [7, 11) is -3.76. The number of ether oxygens (including phenoxy) is 1. The summed E-state index contributed by atoms with van der Waals surface area (Å²) in [6.07, 6.45) is 4.74. The smallest absolute Gasteiger partial charge is 0.309 e. The first-order chi connectivity index (χ1) is 13.9. The third-order valence-corrected chi connectivity index (χ3v) is 7.27. The molecule has 1 atom stereocenters. The van der Waals surface area contributed by atoms with Crippen molar-refractivity contribution in [2.75, 3.05) is 19.7 Å². The molecule has 8 nitrogen and oxygen atoms in total. The van der Waals surface area contributed by atoms with Crippen LogP contribution in [0.3, 0.4) is 0 Å². The van der Waals surface area contributed by atoms with Crippen LogP contribution in [-0.2, 0) is 24.3 Å². The predicted molar refractivity (Wildman–Crippen MR) is 107 cm³/mol. The zero-order chi connectivity index (χ0) is 20.9. The van der Waals surface area contributed by atoms with Gasteiger partial charge in [0, 0.05) is 12.6 Å². The van der Waals surface area contributed by atoms with Gasteiger partial charge < -0.3 is 15.4 Å². The summed E-state index contributed by atoms with van der Waals surface area (Å²) in [5.74, 6) is -1.45. The standard InChI is InChI=1S/C20H29N3O5S/c1-15-8-10-17(11-9-15)29(26,27)23-12-5-13-28-18(23)14-21-19(24)20(25)22-16-6-3-2-4-7-16/h8-11,16,18H,2-7,12-14H2,1H3,(H,21,24)(H,22,25)/t18-/m0/s1. The maximum Gasteiger partial charge on any atom is 0.309 e. The van der Waals surface area contributed by atoms with Crippen molar-refractivity contribution >= 4 is 21.8 Å². The van der Waals surface area contributed by atoms with Crippen LogP contribution in [0.1, 0.15) is 44.1 Å². The van der Waals surface area contributed by atoms with Gasteiger partial charge in [-0.05, 0) is 38.3 Å². The molecule has 1 aromatic rings. The minimum atomic E-state index is -3.76. The van der Waals surface area contributed by atoms with E-state index in [1.54, 1.807) is 24.3 Å². The van der Waals surface area contributed by atoms with E-state index in [0.29, 0.717) is 19.6 Å². The molecule has 0 radical (unpaired) electrons. The topological polar surface area (TPSA) is 105 Å². The van der Waals surface area contributed by atoms with E-state index in [9.17, 15) is 18.0 Å². The number of sulfonamides is 1. The van der Waals surface area contributed by atoms with Crippen molar-refractivity contribution in [2.24, 2.45) is 0 Å². The first kappa shape index (κ1) is 21.7. The normalized spacial score (nSPS) is 21.5. The Kier molecular flexibility index (Phi) is 7.26. The number of carbonyl (C=O) groups is 2. The molecular weight excluding hydrogens is 394 g/mol. The fourth-order valence-electron chi connectivity index (χ4n) is 3.71. The third kappa shape index (κ3) is 5.55. The Morgan fingerprint density at radius 1 is 1.07 bits per heavy atom. The highest BCUT2D eigenvalue weighted by Crippen LogP contribution is 2.22. The zero-order valence-corrected chi connectivity index (χ0v) is 17.5. The van der Waals surface area contributed by atoms with E-state index in [1.807, 2.05) is 6.92 Å². The summed E-state index contributed by atoms with van der Waals surface area (Å²) in [4.78, 5) is 24.5. The zero-order valence-electron chi connectivity index (χ0n) is 16.7. The average Bonchev–Trinajstić information content (AvgIpc) is 2.73. The second-order valence-corrected chi connectivity index (χ2v) is 9.52. The summed E-state index contributed by atoms with van der Waals surface area (Å²) in [5.41, 5.74) is 0.964. The number of aryl methyl sites for hydroxylation is 1. The van der Waals surface area contributed by atoms with Gasteiger partial charge in [-0.3, -0.25) is 9.59 Å². The van der Waals surface area contributed by atoms with E-state index in [2.05, 4.69) is 10.6 Å². The quantitative estimate of drug-likeness (QED) is 0.695. The van der Waals surface area contributed by atoms with Gasteiger partial charge in [-0.1, -0.05) is 37.0 Å². The van der Waals surface area contributed by atoms with Crippen molar-refractivity contribution < 1.29 is 22.7 Å². The highest BCUT2D eigenvalue weighted by molar-refractivity contribution is 7.89. The number of hydrogen-bond acceptors (Lipinski definition) is 5. The van der Waals surface area contributed by atoms with Crippen molar-refractivity contribution in [3.63, 3.8) is 0 Å². The molecule has 2 N–H and O–H groups in total. The van der Waals surface area contributed by atoms with E-state index in [4.69, 9.17) is 4.74 Å². The van der Waals surface area contributed by atoms with Gasteiger partial charge in [0.15, 0.2) is 0 Å². The van der Waals surface area contributed by atoms with Crippen molar-refractivity contribution in [3.05, 3.63) is 29.8 Å². The average molecular weight is 424 g/mol. The second kappa shape index (κ2) is 9.69. The highest BCUT2D eigenvalue weighted by Gasteiger charge is 2.35. The molecule has 0 aromatic heterocycles. The van der Waals surface area contributed by atoms with E-state index >= 15 is 0 Å². The lowest BCUT2D eigenvalue weighted by atomic mass is 9.95. The van der Waals surface area contributed by atoms with Crippen LogP contribution in [0.25, 0.3) is 0 Å². The second-order valence-electron chi connectivity index (χ2n) is 7.63. The molecule has 2 aliphatic rings.